The molecule has 1 saturated heterocycles. The molecule has 1 aromatic rings. The molecule has 1 fully saturated rings. The Labute approximate surface area is 233 Å². The van der Waals surface area contributed by atoms with Gasteiger partial charge in [0.15, 0.2) is 0 Å². The van der Waals surface area contributed by atoms with Gasteiger partial charge in [-0.25, -0.2) is 0 Å². The van der Waals surface area contributed by atoms with Gasteiger partial charge in [0.1, 0.15) is 6.04 Å². The minimum atomic E-state index is -0.999. The molecule has 0 aliphatic carbocycles. The Balaban J connectivity index is 1.22. The van der Waals surface area contributed by atoms with Crippen LogP contribution in [0.15, 0.2) is 18.2 Å². The molecule has 1 aromatic carbocycles. The largest absolute Gasteiger partial charge is 0.382 e. The Hall–Kier alpha value is -2.94. The maximum absolute atomic E-state index is 13.1. The first-order valence-corrected chi connectivity index (χ1v) is 13.6. The Kier molecular flexibility index (Phi) is 14.0. The van der Waals surface area contributed by atoms with Crippen LogP contribution in [0.1, 0.15) is 40.5 Å². The molecule has 2 aliphatic heterocycles. The number of nitrogens with one attached hydrogen (secondary N) is 2. The molecule has 0 saturated carbocycles. The lowest BCUT2D eigenvalue weighted by Gasteiger charge is -2.27. The van der Waals surface area contributed by atoms with Crippen LogP contribution < -0.4 is 10.6 Å². The summed E-state index contributed by atoms with van der Waals surface area (Å²) in [4.78, 5) is 50.6. The number of amides is 4. The number of benzene rings is 1. The summed E-state index contributed by atoms with van der Waals surface area (Å²) in [6, 6.07) is 3.92. The number of hydrogen-bond acceptors (Lipinski definition) is 11. The fourth-order valence-electron chi connectivity index (χ4n) is 4.16. The smallest absolute Gasteiger partial charge is 0.264 e. The van der Waals surface area contributed by atoms with Crippen LogP contribution in [0.2, 0.25) is 0 Å². The molecule has 1 atom stereocenters. The Morgan fingerprint density at radius 1 is 0.775 bits per heavy atom. The molecule has 1 unspecified atom stereocenters. The molecule has 3 rings (SSSR count). The molecule has 2 heterocycles. The molecule has 0 aromatic heterocycles. The van der Waals surface area contributed by atoms with Gasteiger partial charge in [-0.2, -0.15) is 0 Å². The summed E-state index contributed by atoms with van der Waals surface area (Å²) in [6.45, 7) is 8.26. The number of nitrogens with zero attached hydrogens (tertiary/aromatic N) is 1. The molecular weight excluding hydrogens is 526 g/mol. The van der Waals surface area contributed by atoms with Crippen LogP contribution in [0.3, 0.4) is 0 Å². The van der Waals surface area contributed by atoms with E-state index in [1.807, 2.05) is 6.92 Å². The minimum Gasteiger partial charge on any atom is -0.382 e. The van der Waals surface area contributed by atoms with E-state index in [0.717, 1.165) is 4.90 Å². The molecule has 13 nitrogen and oxygen atoms in total. The van der Waals surface area contributed by atoms with Crippen LogP contribution in [0, 0.1) is 0 Å². The average molecular weight is 566 g/mol. The zero-order valence-electron chi connectivity index (χ0n) is 22.9. The summed E-state index contributed by atoms with van der Waals surface area (Å²) in [5, 5.41) is 5.32. The van der Waals surface area contributed by atoms with Crippen LogP contribution >= 0.6 is 0 Å². The van der Waals surface area contributed by atoms with Crippen molar-refractivity contribution >= 4 is 29.3 Å². The summed E-state index contributed by atoms with van der Waals surface area (Å²) in [6.07, 6.45) is 0.186. The number of rotatable bonds is 21. The van der Waals surface area contributed by atoms with E-state index in [1.54, 1.807) is 18.2 Å². The third kappa shape index (κ3) is 9.61. The normalized spacial score (nSPS) is 16.9. The SMILES string of the molecule is CCOCCOCCOCCOCCOCCOCCNc1cccc2c1C(=O)N(C1CCC(=O)NC1=O)C2=O. The van der Waals surface area contributed by atoms with Gasteiger partial charge in [-0.15, -0.1) is 0 Å². The number of carbonyl (C=O) groups excluding carboxylic acids is 4. The summed E-state index contributed by atoms with van der Waals surface area (Å²) < 4.78 is 32.4. The van der Waals surface area contributed by atoms with E-state index in [0.29, 0.717) is 91.5 Å². The van der Waals surface area contributed by atoms with Crippen LogP contribution in [-0.2, 0) is 38.0 Å². The second-order valence-corrected chi connectivity index (χ2v) is 8.86. The first-order chi connectivity index (χ1) is 19.5. The minimum absolute atomic E-state index is 0.0739. The van der Waals surface area contributed by atoms with Gasteiger partial charge in [-0.3, -0.25) is 29.4 Å². The lowest BCUT2D eigenvalue weighted by molar-refractivity contribution is -0.136. The molecule has 0 bridgehead atoms. The number of ether oxygens (including phenoxy) is 6. The van der Waals surface area contributed by atoms with Crippen molar-refractivity contribution in [3.05, 3.63) is 29.3 Å². The maximum Gasteiger partial charge on any atom is 0.264 e. The van der Waals surface area contributed by atoms with Gasteiger partial charge < -0.3 is 33.7 Å². The van der Waals surface area contributed by atoms with Crippen molar-refractivity contribution in [3.8, 4) is 0 Å². The zero-order valence-corrected chi connectivity index (χ0v) is 22.9. The van der Waals surface area contributed by atoms with Gasteiger partial charge in [0.25, 0.3) is 11.8 Å². The molecule has 2 N–H and O–H groups in total. The zero-order chi connectivity index (χ0) is 28.6. The molecule has 0 radical (unpaired) electrons. The third-order valence-corrected chi connectivity index (χ3v) is 6.09. The predicted molar refractivity (Wildman–Crippen MR) is 142 cm³/mol. The van der Waals surface area contributed by atoms with Crippen LogP contribution in [0.25, 0.3) is 0 Å². The predicted octanol–water partition coefficient (Wildman–Crippen LogP) is 0.619. The van der Waals surface area contributed by atoms with Gasteiger partial charge >= 0.3 is 0 Å². The molecule has 13 heteroatoms. The maximum atomic E-state index is 13.1. The van der Waals surface area contributed by atoms with Gasteiger partial charge in [0.2, 0.25) is 11.8 Å². The summed E-state index contributed by atoms with van der Waals surface area (Å²) >= 11 is 0. The number of imide groups is 2. The van der Waals surface area contributed by atoms with Crippen LogP contribution in [0.5, 0.6) is 0 Å². The van der Waals surface area contributed by atoms with Crippen molar-refractivity contribution < 1.29 is 47.6 Å². The number of carbonyl (C=O) groups is 4. The van der Waals surface area contributed by atoms with Crippen molar-refractivity contribution in [2.75, 3.05) is 91.1 Å². The fraction of sp³-hybridized carbons (Fsp3) is 0.630. The second-order valence-electron chi connectivity index (χ2n) is 8.86. The quantitative estimate of drug-likeness (QED) is 0.159. The van der Waals surface area contributed by atoms with Crippen LogP contribution in [0.4, 0.5) is 5.69 Å². The van der Waals surface area contributed by atoms with Crippen molar-refractivity contribution in [2.45, 2.75) is 25.8 Å². The molecule has 222 valence electrons. The van der Waals surface area contributed by atoms with Gasteiger partial charge in [-0.05, 0) is 25.5 Å². The molecule has 0 spiro atoms. The lowest BCUT2D eigenvalue weighted by Crippen LogP contribution is -2.54. The lowest BCUT2D eigenvalue weighted by atomic mass is 10.0. The highest BCUT2D eigenvalue weighted by atomic mass is 16.6. The van der Waals surface area contributed by atoms with E-state index < -0.39 is 29.7 Å². The second kappa shape index (κ2) is 17.7. The van der Waals surface area contributed by atoms with Gasteiger partial charge in [0, 0.05) is 25.3 Å². The first kappa shape index (κ1) is 31.6. The van der Waals surface area contributed by atoms with Crippen molar-refractivity contribution in [3.63, 3.8) is 0 Å². The van der Waals surface area contributed by atoms with E-state index in [-0.39, 0.29) is 24.0 Å². The van der Waals surface area contributed by atoms with E-state index in [1.165, 1.54) is 0 Å². The van der Waals surface area contributed by atoms with E-state index in [2.05, 4.69) is 10.6 Å². The topological polar surface area (TPSA) is 151 Å². The standard InChI is InChI=1S/C27H39N3O10/c1-2-35-10-11-37-14-15-39-18-19-40-17-16-38-13-12-36-9-8-28-21-5-3-4-20-24(21)27(34)30(26(20)33)22-6-7-23(31)29-25(22)32/h3-5,22,28H,2,6-19H2,1H3,(H,29,31,32). The van der Waals surface area contributed by atoms with E-state index in [9.17, 15) is 19.2 Å². The van der Waals surface area contributed by atoms with Gasteiger partial charge in [-0.1, -0.05) is 6.07 Å². The molecule has 4 amide bonds. The number of anilines is 1. The highest BCUT2D eigenvalue weighted by Crippen LogP contribution is 2.32. The van der Waals surface area contributed by atoms with E-state index in [4.69, 9.17) is 28.4 Å². The Morgan fingerprint density at radius 2 is 1.32 bits per heavy atom. The van der Waals surface area contributed by atoms with Crippen molar-refractivity contribution in [1.29, 1.82) is 0 Å². The third-order valence-electron chi connectivity index (χ3n) is 6.09. The Morgan fingerprint density at radius 3 is 1.88 bits per heavy atom. The average Bonchev–Trinajstić information content (AvgIpc) is 3.20. The van der Waals surface area contributed by atoms with E-state index >= 15 is 0 Å². The van der Waals surface area contributed by atoms with Gasteiger partial charge in [0.05, 0.1) is 83.8 Å². The molecular formula is C27H39N3O10. The Bertz CT molecular complexity index is 989. The van der Waals surface area contributed by atoms with Crippen LogP contribution in [-0.4, -0.2) is 120 Å². The summed E-state index contributed by atoms with van der Waals surface area (Å²) in [5.41, 5.74) is 0.933. The summed E-state index contributed by atoms with van der Waals surface area (Å²) in [7, 11) is 0. The number of hydrogen-bond donors (Lipinski definition) is 2. The van der Waals surface area contributed by atoms with Crippen molar-refractivity contribution in [1.82, 2.24) is 10.2 Å². The highest BCUT2D eigenvalue weighted by molar-refractivity contribution is 6.25. The monoisotopic (exact) mass is 565 g/mol. The number of fused-ring (bicyclic) bond motifs is 1. The summed E-state index contributed by atoms with van der Waals surface area (Å²) in [5.74, 6) is -2.14. The first-order valence-electron chi connectivity index (χ1n) is 13.6. The van der Waals surface area contributed by atoms with Crippen molar-refractivity contribution in [2.24, 2.45) is 0 Å². The molecule has 2 aliphatic rings. The fourth-order valence-corrected chi connectivity index (χ4v) is 4.16. The number of piperidine rings is 1. The highest BCUT2D eigenvalue weighted by Gasteiger charge is 2.45. The molecule has 40 heavy (non-hydrogen) atoms.